The number of rotatable bonds is 3. The summed E-state index contributed by atoms with van der Waals surface area (Å²) in [5.74, 6) is -1.50. The largest absolute Gasteiger partial charge is 0.507 e. The number of ketones is 2. The Morgan fingerprint density at radius 3 is 2.42 bits per heavy atom. The summed E-state index contributed by atoms with van der Waals surface area (Å²) in [7, 11) is 1.44. The normalized spacial score (nSPS) is 15.9. The first-order valence-electron chi connectivity index (χ1n) is 9.28. The van der Waals surface area contributed by atoms with Crippen LogP contribution in [0.4, 0.5) is 0 Å². The molecule has 0 heterocycles. The van der Waals surface area contributed by atoms with E-state index in [2.05, 4.69) is 12.8 Å². The maximum Gasteiger partial charge on any atom is 0.198 e. The van der Waals surface area contributed by atoms with Crippen LogP contribution in [0.5, 0.6) is 17.2 Å². The van der Waals surface area contributed by atoms with Crippen molar-refractivity contribution in [2.24, 2.45) is 5.92 Å². The van der Waals surface area contributed by atoms with E-state index in [1.807, 2.05) is 0 Å². The van der Waals surface area contributed by atoms with Gasteiger partial charge in [-0.1, -0.05) is 12.1 Å². The summed E-state index contributed by atoms with van der Waals surface area (Å²) in [5.41, 5.74) is 1.04. The minimum atomic E-state index is -0.589. The van der Waals surface area contributed by atoms with E-state index in [9.17, 15) is 19.8 Å². The minimum absolute atomic E-state index is 0. The number of aromatic hydroxyl groups is 2. The quantitative estimate of drug-likeness (QED) is 0.325. The number of carbonyl (C=O) groups excluding carboxylic acids is 2. The Bertz CT molecular complexity index is 1110. The van der Waals surface area contributed by atoms with Gasteiger partial charge in [-0.3, -0.25) is 15.0 Å². The number of hydrogen-bond donors (Lipinski definition) is 4. The first kappa shape index (κ1) is 24.7. The van der Waals surface area contributed by atoms with Gasteiger partial charge in [0, 0.05) is 55.3 Å². The topological polar surface area (TPSA) is 128 Å². The minimum Gasteiger partial charge on any atom is -0.507 e. The zero-order valence-corrected chi connectivity index (χ0v) is 19.8. The van der Waals surface area contributed by atoms with Gasteiger partial charge in [0.15, 0.2) is 11.6 Å². The monoisotopic (exact) mass is 496 g/mol. The number of aliphatic hydroxyl groups is 1. The molecule has 0 saturated heterocycles. The Morgan fingerprint density at radius 1 is 1.16 bits per heavy atom. The van der Waals surface area contributed by atoms with Crippen LogP contribution >= 0.6 is 0 Å². The van der Waals surface area contributed by atoms with Gasteiger partial charge in [0.1, 0.15) is 23.9 Å². The molecule has 2 aromatic carbocycles. The molecule has 31 heavy (non-hydrogen) atoms. The molecule has 0 saturated carbocycles. The molecule has 8 heteroatoms. The summed E-state index contributed by atoms with van der Waals surface area (Å²) in [6.45, 7) is -0.589. The smallest absolute Gasteiger partial charge is 0.198 e. The molecule has 2 aliphatic carbocycles. The fourth-order valence-corrected chi connectivity index (χ4v) is 4.26. The van der Waals surface area contributed by atoms with Gasteiger partial charge in [-0.2, -0.15) is 0 Å². The van der Waals surface area contributed by atoms with Gasteiger partial charge >= 0.3 is 0 Å². The number of aliphatic hydroxyl groups excluding tert-OH is 1. The maximum atomic E-state index is 13.1. The molecule has 2 aromatic rings. The number of benzene rings is 2. The molecule has 1 atom stereocenters. The number of Topliss-reactive ketones (excluding diaryl/α,β-unsaturated/α-hetero) is 1. The van der Waals surface area contributed by atoms with Gasteiger partial charge in [0.2, 0.25) is 0 Å². The SMILES string of the molecule is C#C.COc1cccc2c1C(=N)c1c(O)c3c(c(O)c1C2=O)CC(C(=O)CO)CC3.[Y]. The molecule has 7 nitrogen and oxygen atoms in total. The average Bonchev–Trinajstić information content (AvgIpc) is 2.79. The van der Waals surface area contributed by atoms with Crippen LogP contribution < -0.4 is 4.74 Å². The van der Waals surface area contributed by atoms with Gasteiger partial charge in [-0.05, 0) is 25.3 Å². The third-order valence-corrected chi connectivity index (χ3v) is 5.68. The third-order valence-electron chi connectivity index (χ3n) is 5.68. The Labute approximate surface area is 204 Å². The molecule has 0 amide bonds. The van der Waals surface area contributed by atoms with E-state index >= 15 is 0 Å². The molecular weight excluding hydrogens is 475 g/mol. The molecule has 0 spiro atoms. The summed E-state index contributed by atoms with van der Waals surface area (Å²) in [5, 5.41) is 39.5. The van der Waals surface area contributed by atoms with Crippen molar-refractivity contribution in [3.05, 3.63) is 51.6 Å². The van der Waals surface area contributed by atoms with E-state index in [4.69, 9.17) is 15.3 Å². The summed E-state index contributed by atoms with van der Waals surface area (Å²) in [4.78, 5) is 25.0. The summed E-state index contributed by atoms with van der Waals surface area (Å²) < 4.78 is 5.28. The van der Waals surface area contributed by atoms with Crippen LogP contribution in [0.3, 0.4) is 0 Å². The van der Waals surface area contributed by atoms with Crippen molar-refractivity contribution in [3.63, 3.8) is 0 Å². The van der Waals surface area contributed by atoms with Gasteiger partial charge in [-0.15, -0.1) is 12.8 Å². The van der Waals surface area contributed by atoms with Crippen LogP contribution in [-0.2, 0) is 50.3 Å². The van der Waals surface area contributed by atoms with Crippen LogP contribution in [0, 0.1) is 24.2 Å². The number of ether oxygens (including phenoxy) is 1. The van der Waals surface area contributed by atoms with Gasteiger partial charge < -0.3 is 20.1 Å². The molecule has 2 aliphatic rings. The zero-order valence-electron chi connectivity index (χ0n) is 16.9. The van der Waals surface area contributed by atoms with E-state index in [1.165, 1.54) is 7.11 Å². The number of carbonyl (C=O) groups is 2. The summed E-state index contributed by atoms with van der Waals surface area (Å²) in [6.07, 6.45) is 8.85. The number of fused-ring (bicyclic) bond motifs is 3. The van der Waals surface area contributed by atoms with Gasteiger partial charge in [0.25, 0.3) is 0 Å². The Balaban J connectivity index is 0.00000111. The molecule has 4 rings (SSSR count). The second-order valence-electron chi connectivity index (χ2n) is 7.06. The molecule has 1 radical (unpaired) electrons. The second-order valence-corrected chi connectivity index (χ2v) is 7.06. The number of methoxy groups -OCH3 is 1. The van der Waals surface area contributed by atoms with E-state index in [0.717, 1.165) is 0 Å². The van der Waals surface area contributed by atoms with E-state index in [-0.39, 0.29) is 84.4 Å². The number of hydrogen-bond acceptors (Lipinski definition) is 7. The van der Waals surface area contributed by atoms with Crippen molar-refractivity contribution < 1.29 is 62.4 Å². The molecule has 0 fully saturated rings. The third kappa shape index (κ3) is 3.80. The van der Waals surface area contributed by atoms with Crippen molar-refractivity contribution in [2.75, 3.05) is 13.7 Å². The predicted molar refractivity (Wildman–Crippen MR) is 110 cm³/mol. The molecule has 0 bridgehead atoms. The summed E-state index contributed by atoms with van der Waals surface area (Å²) in [6, 6.07) is 4.80. The van der Waals surface area contributed by atoms with Gasteiger partial charge in [-0.25, -0.2) is 0 Å². The Morgan fingerprint density at radius 2 is 1.81 bits per heavy atom. The summed E-state index contributed by atoms with van der Waals surface area (Å²) >= 11 is 0. The van der Waals surface area contributed by atoms with Crippen molar-refractivity contribution >= 4 is 17.3 Å². The van der Waals surface area contributed by atoms with E-state index in [0.29, 0.717) is 29.7 Å². The predicted octanol–water partition coefficient (Wildman–Crippen LogP) is 1.98. The van der Waals surface area contributed by atoms with Crippen LogP contribution in [0.25, 0.3) is 0 Å². The van der Waals surface area contributed by atoms with Crippen LogP contribution in [0.1, 0.15) is 44.6 Å². The number of terminal acetylenes is 1. The standard InChI is InChI=1S/C21H19NO6.C2H2.Y/c1-28-14-4-2-3-11-15(14)18(22)16-17(20(11)26)21(27)12-7-9(13(24)8-23)5-6-10(12)19(16)25;1-2;/h2-4,9,22-23,25,27H,5-8H2,1H3;1-2H;. The molecule has 0 aliphatic heterocycles. The fourth-order valence-electron chi connectivity index (χ4n) is 4.26. The Kier molecular flexibility index (Phi) is 7.77. The first-order chi connectivity index (χ1) is 14.4. The van der Waals surface area contributed by atoms with Gasteiger partial charge in [0.05, 0.1) is 29.5 Å². The maximum absolute atomic E-state index is 13.1. The molecule has 4 N–H and O–H groups in total. The molecule has 157 valence electrons. The number of phenolic OH excluding ortho intramolecular Hbond substituents is 2. The number of phenols is 2. The fraction of sp³-hybridized carbons (Fsp3) is 0.261. The Hall–Kier alpha value is -2.53. The zero-order chi connectivity index (χ0) is 22.2. The van der Waals surface area contributed by atoms with Crippen LogP contribution in [-0.4, -0.2) is 46.3 Å². The van der Waals surface area contributed by atoms with Crippen molar-refractivity contribution in [3.8, 4) is 30.1 Å². The molecule has 0 aromatic heterocycles. The average molecular weight is 496 g/mol. The molecular formula is C23H21NO6Y. The van der Waals surface area contributed by atoms with Crippen molar-refractivity contribution in [2.45, 2.75) is 19.3 Å². The van der Waals surface area contributed by atoms with Crippen LogP contribution in [0.15, 0.2) is 18.2 Å². The second kappa shape index (κ2) is 9.74. The van der Waals surface area contributed by atoms with E-state index < -0.39 is 18.3 Å². The van der Waals surface area contributed by atoms with Crippen molar-refractivity contribution in [1.29, 1.82) is 5.41 Å². The number of nitrogens with one attached hydrogen (secondary N) is 1. The first-order valence-corrected chi connectivity index (χ1v) is 9.28. The van der Waals surface area contributed by atoms with Crippen LogP contribution in [0.2, 0.25) is 0 Å². The molecule has 1 unspecified atom stereocenters. The van der Waals surface area contributed by atoms with E-state index in [1.54, 1.807) is 18.2 Å². The van der Waals surface area contributed by atoms with Crippen molar-refractivity contribution in [1.82, 2.24) is 0 Å².